The molecule has 0 aromatic heterocycles. The van der Waals surface area contributed by atoms with Gasteiger partial charge in [0.2, 0.25) is 5.91 Å². The lowest BCUT2D eigenvalue weighted by atomic mass is 10.1. The molecule has 0 aliphatic heterocycles. The van der Waals surface area contributed by atoms with Crippen LogP contribution in [0.1, 0.15) is 5.56 Å². The number of para-hydroxylation sites is 1. The molecule has 4 nitrogen and oxygen atoms in total. The molecule has 0 aliphatic carbocycles. The molecule has 1 N–H and O–H groups in total. The Kier molecular flexibility index (Phi) is 9.09. The molecule has 0 spiro atoms. The van der Waals surface area contributed by atoms with Crippen LogP contribution in [0.15, 0.2) is 24.3 Å². The Morgan fingerprint density at radius 2 is 1.90 bits per heavy atom. The number of alkyl halides is 2. The van der Waals surface area contributed by atoms with Crippen molar-refractivity contribution < 1.29 is 9.53 Å². The summed E-state index contributed by atoms with van der Waals surface area (Å²) in [6.45, 7) is 2.80. The van der Waals surface area contributed by atoms with E-state index in [2.05, 4.69) is 42.1 Å². The van der Waals surface area contributed by atoms with Crippen LogP contribution in [0.4, 0.5) is 5.69 Å². The minimum atomic E-state index is -0.132. The maximum Gasteiger partial charge on any atom is 0.250 e. The number of hydrogen-bond donors (Lipinski definition) is 1. The van der Waals surface area contributed by atoms with Crippen molar-refractivity contribution in [2.75, 3.05) is 42.8 Å². The molecule has 0 radical (unpaired) electrons. The number of rotatable bonds is 9. The summed E-state index contributed by atoms with van der Waals surface area (Å²) in [6, 6.07) is 7.87. The lowest BCUT2D eigenvalue weighted by Gasteiger charge is -2.22. The maximum atomic E-state index is 11.6. The van der Waals surface area contributed by atoms with Gasteiger partial charge in [-0.2, -0.15) is 0 Å². The van der Waals surface area contributed by atoms with Crippen molar-refractivity contribution in [3.63, 3.8) is 0 Å². The van der Waals surface area contributed by atoms with Crippen molar-refractivity contribution in [3.05, 3.63) is 29.8 Å². The van der Waals surface area contributed by atoms with Gasteiger partial charge >= 0.3 is 0 Å². The van der Waals surface area contributed by atoms with Crippen molar-refractivity contribution >= 4 is 43.5 Å². The fraction of sp³-hybridized carbons (Fsp3) is 0.500. The van der Waals surface area contributed by atoms with E-state index in [1.54, 1.807) is 0 Å². The van der Waals surface area contributed by atoms with Gasteiger partial charge in [0, 0.05) is 43.1 Å². The molecule has 112 valence electrons. The Labute approximate surface area is 137 Å². The van der Waals surface area contributed by atoms with E-state index in [9.17, 15) is 4.79 Å². The van der Waals surface area contributed by atoms with E-state index in [-0.39, 0.29) is 12.5 Å². The van der Waals surface area contributed by atoms with E-state index < -0.39 is 0 Å². The third-order valence-corrected chi connectivity index (χ3v) is 3.47. The van der Waals surface area contributed by atoms with E-state index in [0.29, 0.717) is 0 Å². The first-order chi connectivity index (χ1) is 9.71. The molecular weight excluding hydrogens is 388 g/mol. The first-order valence-corrected chi connectivity index (χ1v) is 8.66. The number of nitrogens with one attached hydrogen (secondary N) is 1. The SMILES string of the molecule is COCC(=O)Nc1ccccc1CN(CCBr)CCBr. The van der Waals surface area contributed by atoms with Crippen molar-refractivity contribution in [2.24, 2.45) is 0 Å². The van der Waals surface area contributed by atoms with Gasteiger partial charge in [-0.3, -0.25) is 9.69 Å². The highest BCUT2D eigenvalue weighted by Gasteiger charge is 2.10. The van der Waals surface area contributed by atoms with E-state index in [1.165, 1.54) is 7.11 Å². The van der Waals surface area contributed by atoms with E-state index in [1.807, 2.05) is 24.3 Å². The zero-order valence-corrected chi connectivity index (χ0v) is 14.7. The molecular formula is C14H20Br2N2O2. The van der Waals surface area contributed by atoms with Gasteiger partial charge in [-0.15, -0.1) is 0 Å². The van der Waals surface area contributed by atoms with Crippen LogP contribution in [0.25, 0.3) is 0 Å². The number of nitrogens with zero attached hydrogens (tertiary/aromatic N) is 1. The predicted octanol–water partition coefficient (Wildman–Crippen LogP) is 2.86. The van der Waals surface area contributed by atoms with E-state index >= 15 is 0 Å². The number of ether oxygens (including phenoxy) is 1. The normalized spacial score (nSPS) is 10.8. The Hall–Kier alpha value is -0.430. The number of hydrogen-bond acceptors (Lipinski definition) is 3. The van der Waals surface area contributed by atoms with Gasteiger partial charge in [0.1, 0.15) is 6.61 Å². The highest BCUT2D eigenvalue weighted by Crippen LogP contribution is 2.17. The third kappa shape index (κ3) is 6.35. The molecule has 0 saturated carbocycles. The summed E-state index contributed by atoms with van der Waals surface area (Å²) < 4.78 is 4.84. The third-order valence-electron chi connectivity index (χ3n) is 2.76. The number of halogens is 2. The van der Waals surface area contributed by atoms with Gasteiger partial charge in [-0.25, -0.2) is 0 Å². The lowest BCUT2D eigenvalue weighted by molar-refractivity contribution is -0.119. The Balaban J connectivity index is 2.75. The highest BCUT2D eigenvalue weighted by molar-refractivity contribution is 9.09. The minimum Gasteiger partial charge on any atom is -0.375 e. The van der Waals surface area contributed by atoms with Crippen LogP contribution in [0.3, 0.4) is 0 Å². The highest BCUT2D eigenvalue weighted by atomic mass is 79.9. The van der Waals surface area contributed by atoms with Crippen LogP contribution in [0.2, 0.25) is 0 Å². The topological polar surface area (TPSA) is 41.6 Å². The number of anilines is 1. The number of benzene rings is 1. The number of carbonyl (C=O) groups is 1. The molecule has 0 saturated heterocycles. The van der Waals surface area contributed by atoms with Crippen LogP contribution >= 0.6 is 31.9 Å². The second kappa shape index (κ2) is 10.3. The van der Waals surface area contributed by atoms with Crippen molar-refractivity contribution in [3.8, 4) is 0 Å². The molecule has 1 amide bonds. The summed E-state index contributed by atoms with van der Waals surface area (Å²) in [7, 11) is 1.51. The van der Waals surface area contributed by atoms with E-state index in [0.717, 1.165) is 41.5 Å². The zero-order valence-electron chi connectivity index (χ0n) is 11.6. The van der Waals surface area contributed by atoms with Crippen molar-refractivity contribution in [1.82, 2.24) is 4.90 Å². The predicted molar refractivity (Wildman–Crippen MR) is 89.8 cm³/mol. The lowest BCUT2D eigenvalue weighted by Crippen LogP contribution is -2.28. The molecule has 0 heterocycles. The molecule has 0 atom stereocenters. The van der Waals surface area contributed by atoms with Gasteiger partial charge in [0.25, 0.3) is 0 Å². The van der Waals surface area contributed by atoms with Crippen molar-refractivity contribution in [2.45, 2.75) is 6.54 Å². The quantitative estimate of drug-likeness (QED) is 0.640. The summed E-state index contributed by atoms with van der Waals surface area (Å²) in [4.78, 5) is 14.0. The summed E-state index contributed by atoms with van der Waals surface area (Å²) in [6.07, 6.45) is 0. The summed E-state index contributed by atoms with van der Waals surface area (Å²) in [5.74, 6) is -0.132. The second-order valence-corrected chi connectivity index (χ2v) is 5.88. The van der Waals surface area contributed by atoms with Gasteiger partial charge < -0.3 is 10.1 Å². The van der Waals surface area contributed by atoms with Crippen LogP contribution < -0.4 is 5.32 Å². The van der Waals surface area contributed by atoms with Crippen LogP contribution in [0, 0.1) is 0 Å². The molecule has 0 bridgehead atoms. The molecule has 0 unspecified atom stereocenters. The largest absolute Gasteiger partial charge is 0.375 e. The molecule has 0 aliphatic rings. The molecule has 6 heteroatoms. The monoisotopic (exact) mass is 406 g/mol. The number of carbonyl (C=O) groups excluding carboxylic acids is 1. The maximum absolute atomic E-state index is 11.6. The molecule has 1 aromatic rings. The van der Waals surface area contributed by atoms with Gasteiger partial charge in [0.15, 0.2) is 0 Å². The van der Waals surface area contributed by atoms with Gasteiger partial charge in [-0.1, -0.05) is 50.1 Å². The number of methoxy groups -OCH3 is 1. The average molecular weight is 408 g/mol. The van der Waals surface area contributed by atoms with E-state index in [4.69, 9.17) is 4.74 Å². The fourth-order valence-corrected chi connectivity index (χ4v) is 2.85. The van der Waals surface area contributed by atoms with Gasteiger partial charge in [-0.05, 0) is 11.6 Å². The molecule has 1 rings (SSSR count). The smallest absolute Gasteiger partial charge is 0.250 e. The second-order valence-electron chi connectivity index (χ2n) is 4.29. The Morgan fingerprint density at radius 3 is 2.50 bits per heavy atom. The summed E-state index contributed by atoms with van der Waals surface area (Å²) in [5.41, 5.74) is 1.96. The Bertz CT molecular complexity index is 410. The fourth-order valence-electron chi connectivity index (χ4n) is 1.85. The first-order valence-electron chi connectivity index (χ1n) is 6.42. The van der Waals surface area contributed by atoms with Crippen LogP contribution in [-0.2, 0) is 16.1 Å². The van der Waals surface area contributed by atoms with Crippen molar-refractivity contribution in [1.29, 1.82) is 0 Å². The number of amides is 1. The summed E-state index contributed by atoms with van der Waals surface area (Å²) >= 11 is 6.94. The average Bonchev–Trinajstić information content (AvgIpc) is 2.42. The van der Waals surface area contributed by atoms with Crippen LogP contribution in [0.5, 0.6) is 0 Å². The minimum absolute atomic E-state index is 0.0703. The zero-order chi connectivity index (χ0) is 14.8. The standard InChI is InChI=1S/C14H20Br2N2O2/c1-20-11-14(19)17-13-5-3-2-4-12(13)10-18(8-6-15)9-7-16/h2-5H,6-11H2,1H3,(H,17,19). The summed E-state index contributed by atoms with van der Waals surface area (Å²) in [5, 5.41) is 4.74. The first kappa shape index (κ1) is 17.6. The van der Waals surface area contributed by atoms with Gasteiger partial charge in [0.05, 0.1) is 0 Å². The van der Waals surface area contributed by atoms with Crippen LogP contribution in [-0.4, -0.2) is 48.3 Å². The molecule has 1 aromatic carbocycles. The molecule has 0 fully saturated rings. The molecule has 20 heavy (non-hydrogen) atoms. The Morgan fingerprint density at radius 1 is 1.25 bits per heavy atom.